The molecule has 2 heteroatoms. The summed E-state index contributed by atoms with van der Waals surface area (Å²) in [4.78, 5) is 0. The van der Waals surface area contributed by atoms with Crippen LogP contribution in [0.2, 0.25) is 0 Å². The average molecular weight is 246 g/mol. The molecule has 2 aromatic heterocycles. The monoisotopic (exact) mass is 246 g/mol. The first-order valence-electron chi connectivity index (χ1n) is 6.43. The van der Waals surface area contributed by atoms with E-state index in [9.17, 15) is 0 Å². The topological polar surface area (TPSA) is 26.3 Å². The van der Waals surface area contributed by atoms with Gasteiger partial charge in [0.2, 0.25) is 0 Å². The van der Waals surface area contributed by atoms with E-state index in [1.165, 1.54) is 21.9 Å². The molecule has 0 aliphatic heterocycles. The maximum atomic E-state index is 5.97. The third kappa shape index (κ3) is 1.07. The first-order chi connectivity index (χ1) is 9.42. The lowest BCUT2D eigenvalue weighted by molar-refractivity contribution is 0.570. The van der Waals surface area contributed by atoms with Crippen molar-refractivity contribution in [2.45, 2.75) is 6.42 Å². The average Bonchev–Trinajstić information content (AvgIpc) is 3.07. The molecule has 1 aliphatic carbocycles. The second-order valence-corrected chi connectivity index (χ2v) is 4.99. The van der Waals surface area contributed by atoms with E-state index in [1.807, 2.05) is 24.3 Å². The van der Waals surface area contributed by atoms with Gasteiger partial charge in [-0.15, -0.1) is 0 Å². The fraction of sp³-hybridized carbons (Fsp3) is 0.0588. The van der Waals surface area contributed by atoms with Gasteiger partial charge in [-0.25, -0.2) is 0 Å². The van der Waals surface area contributed by atoms with Gasteiger partial charge < -0.3 is 8.83 Å². The van der Waals surface area contributed by atoms with Crippen molar-refractivity contribution in [2.24, 2.45) is 0 Å². The first-order valence-corrected chi connectivity index (χ1v) is 6.43. The minimum atomic E-state index is 0.901. The van der Waals surface area contributed by atoms with Crippen molar-refractivity contribution < 1.29 is 8.83 Å². The Morgan fingerprint density at radius 3 is 1.63 bits per heavy atom. The van der Waals surface area contributed by atoms with Gasteiger partial charge >= 0.3 is 0 Å². The van der Waals surface area contributed by atoms with Crippen LogP contribution < -0.4 is 0 Å². The van der Waals surface area contributed by atoms with Gasteiger partial charge in [0.25, 0.3) is 0 Å². The Balaban J connectivity index is 1.91. The molecule has 90 valence electrons. The smallest absolute Gasteiger partial charge is 0.174 e. The number of furan rings is 2. The van der Waals surface area contributed by atoms with Crippen LogP contribution in [0, 0.1) is 0 Å². The molecule has 1 aliphatic rings. The molecule has 0 atom stereocenters. The van der Waals surface area contributed by atoms with Crippen molar-refractivity contribution in [3.8, 4) is 11.5 Å². The van der Waals surface area contributed by atoms with Crippen LogP contribution in [0.5, 0.6) is 0 Å². The molecule has 0 spiro atoms. The lowest BCUT2D eigenvalue weighted by Crippen LogP contribution is -1.79. The maximum Gasteiger partial charge on any atom is 0.174 e. The molecule has 2 aromatic carbocycles. The van der Waals surface area contributed by atoms with Crippen LogP contribution in [0.25, 0.3) is 33.5 Å². The van der Waals surface area contributed by atoms with E-state index in [0.717, 1.165) is 29.1 Å². The quantitative estimate of drug-likeness (QED) is 0.394. The molecule has 0 bridgehead atoms. The molecule has 0 fully saturated rings. The summed E-state index contributed by atoms with van der Waals surface area (Å²) in [7, 11) is 0. The zero-order valence-corrected chi connectivity index (χ0v) is 10.1. The number of hydrogen-bond donors (Lipinski definition) is 0. The maximum absolute atomic E-state index is 5.97. The minimum Gasteiger partial charge on any atom is -0.452 e. The molecule has 2 nitrogen and oxygen atoms in total. The standard InChI is InChI=1S/C17H10O2/c1-3-7-14-10(5-1)12-9-13-11-6-2-4-8-15(11)19-17(13)16(12)18-14/h1-8H,9H2. The Morgan fingerprint density at radius 2 is 1.11 bits per heavy atom. The molecule has 0 saturated carbocycles. The van der Waals surface area contributed by atoms with Gasteiger partial charge in [-0.1, -0.05) is 36.4 Å². The van der Waals surface area contributed by atoms with E-state index in [4.69, 9.17) is 8.83 Å². The fourth-order valence-electron chi connectivity index (χ4n) is 3.09. The molecule has 2 heterocycles. The molecule has 0 radical (unpaired) electrons. The van der Waals surface area contributed by atoms with Crippen molar-refractivity contribution >= 4 is 21.9 Å². The lowest BCUT2D eigenvalue weighted by atomic mass is 10.1. The van der Waals surface area contributed by atoms with Crippen LogP contribution in [0.4, 0.5) is 0 Å². The number of rotatable bonds is 0. The Bertz CT molecular complexity index is 862. The summed E-state index contributed by atoms with van der Waals surface area (Å²) in [5, 5.41) is 2.40. The van der Waals surface area contributed by atoms with Crippen molar-refractivity contribution in [2.75, 3.05) is 0 Å². The molecule has 19 heavy (non-hydrogen) atoms. The van der Waals surface area contributed by atoms with Gasteiger partial charge in [0.05, 0.1) is 0 Å². The number of fused-ring (bicyclic) bond motifs is 7. The van der Waals surface area contributed by atoms with E-state index in [0.29, 0.717) is 0 Å². The second-order valence-electron chi connectivity index (χ2n) is 4.99. The summed E-state index contributed by atoms with van der Waals surface area (Å²) in [5.41, 5.74) is 4.41. The van der Waals surface area contributed by atoms with Crippen LogP contribution >= 0.6 is 0 Å². The van der Waals surface area contributed by atoms with Gasteiger partial charge in [0, 0.05) is 28.3 Å². The third-order valence-electron chi connectivity index (χ3n) is 3.96. The van der Waals surface area contributed by atoms with Crippen LogP contribution in [0.15, 0.2) is 57.4 Å². The summed E-state index contributed by atoms with van der Waals surface area (Å²) >= 11 is 0. The summed E-state index contributed by atoms with van der Waals surface area (Å²) in [6, 6.07) is 16.4. The highest BCUT2D eigenvalue weighted by atomic mass is 16.4. The van der Waals surface area contributed by atoms with Crippen LogP contribution in [0.3, 0.4) is 0 Å². The zero-order valence-electron chi connectivity index (χ0n) is 10.1. The van der Waals surface area contributed by atoms with Crippen LogP contribution in [-0.2, 0) is 6.42 Å². The molecule has 0 amide bonds. The highest BCUT2D eigenvalue weighted by molar-refractivity contribution is 5.96. The van der Waals surface area contributed by atoms with Crippen LogP contribution in [0.1, 0.15) is 11.1 Å². The summed E-state index contributed by atoms with van der Waals surface area (Å²) < 4.78 is 11.9. The Labute approximate surface area is 109 Å². The van der Waals surface area contributed by atoms with Gasteiger partial charge in [-0.05, 0) is 12.1 Å². The second kappa shape index (κ2) is 3.09. The van der Waals surface area contributed by atoms with Gasteiger partial charge in [0.15, 0.2) is 11.5 Å². The Hall–Kier alpha value is -2.48. The summed E-state index contributed by atoms with van der Waals surface area (Å²) in [6.45, 7) is 0. The van der Waals surface area contributed by atoms with Crippen molar-refractivity contribution in [3.63, 3.8) is 0 Å². The fourth-order valence-corrected chi connectivity index (χ4v) is 3.09. The van der Waals surface area contributed by atoms with Gasteiger partial charge in [0.1, 0.15) is 11.2 Å². The summed E-state index contributed by atoms with van der Waals surface area (Å²) in [5.74, 6) is 1.82. The molecule has 0 saturated heterocycles. The molecule has 0 unspecified atom stereocenters. The SMILES string of the molecule is c1ccc2c3c(oc2c1)-c1oc2ccccc2c1C3. The van der Waals surface area contributed by atoms with Gasteiger partial charge in [-0.3, -0.25) is 0 Å². The Morgan fingerprint density at radius 1 is 0.632 bits per heavy atom. The molecule has 5 rings (SSSR count). The van der Waals surface area contributed by atoms with E-state index < -0.39 is 0 Å². The number of benzene rings is 2. The van der Waals surface area contributed by atoms with E-state index in [-0.39, 0.29) is 0 Å². The lowest BCUT2D eigenvalue weighted by Gasteiger charge is -1.93. The highest BCUT2D eigenvalue weighted by Crippen LogP contribution is 2.46. The molecular weight excluding hydrogens is 236 g/mol. The van der Waals surface area contributed by atoms with Crippen molar-refractivity contribution in [1.82, 2.24) is 0 Å². The molecule has 4 aromatic rings. The number of hydrogen-bond acceptors (Lipinski definition) is 2. The van der Waals surface area contributed by atoms with E-state index in [2.05, 4.69) is 24.3 Å². The van der Waals surface area contributed by atoms with Gasteiger partial charge in [-0.2, -0.15) is 0 Å². The van der Waals surface area contributed by atoms with E-state index >= 15 is 0 Å². The highest BCUT2D eigenvalue weighted by Gasteiger charge is 2.30. The minimum absolute atomic E-state index is 0.901. The summed E-state index contributed by atoms with van der Waals surface area (Å²) in [6.07, 6.45) is 0.901. The largest absolute Gasteiger partial charge is 0.452 e. The number of para-hydroxylation sites is 2. The Kier molecular flexibility index (Phi) is 1.54. The van der Waals surface area contributed by atoms with Crippen molar-refractivity contribution in [1.29, 1.82) is 0 Å². The van der Waals surface area contributed by atoms with Crippen LogP contribution in [-0.4, -0.2) is 0 Å². The van der Waals surface area contributed by atoms with Crippen molar-refractivity contribution in [3.05, 3.63) is 59.7 Å². The molecule has 0 N–H and O–H groups in total. The predicted octanol–water partition coefficient (Wildman–Crippen LogP) is 4.75. The molecular formula is C17H10O2. The predicted molar refractivity (Wildman–Crippen MR) is 74.2 cm³/mol. The zero-order chi connectivity index (χ0) is 12.4. The van der Waals surface area contributed by atoms with E-state index in [1.54, 1.807) is 0 Å². The first kappa shape index (κ1) is 9.45. The normalized spacial score (nSPS) is 13.1. The third-order valence-corrected chi connectivity index (χ3v) is 3.96.